The predicted octanol–water partition coefficient (Wildman–Crippen LogP) is 3.96. The Labute approximate surface area is 166 Å². The van der Waals surface area contributed by atoms with Gasteiger partial charge >= 0.3 is 118 Å². The van der Waals surface area contributed by atoms with Crippen LogP contribution in [0, 0.1) is 68.7 Å². The summed E-state index contributed by atoms with van der Waals surface area (Å²) < 4.78 is 0. The van der Waals surface area contributed by atoms with Crippen molar-refractivity contribution in [3.05, 3.63) is 0 Å². The number of aliphatic hydroxyl groups excluding tert-OH is 1. The minimum atomic E-state index is 0. The van der Waals surface area contributed by atoms with Gasteiger partial charge in [0.25, 0.3) is 0 Å². The molecule has 2 rings (SSSR count). The van der Waals surface area contributed by atoms with E-state index in [1.54, 1.807) is 0 Å². The van der Waals surface area contributed by atoms with Gasteiger partial charge in [0.2, 0.25) is 0 Å². The van der Waals surface area contributed by atoms with Gasteiger partial charge in [-0.1, -0.05) is 0 Å². The first-order valence-electron chi connectivity index (χ1n) is 8.12. The minimum Gasteiger partial charge on any atom is 0 e. The number of aliphatic hydroxyl groups is 1. The molecule has 0 aromatic carbocycles. The molecule has 2 aliphatic carbocycles. The van der Waals surface area contributed by atoms with E-state index in [0.29, 0.717) is 12.5 Å². The maximum absolute atomic E-state index is 9.16. The van der Waals surface area contributed by atoms with Crippen molar-refractivity contribution >= 4 is 18.6 Å². The van der Waals surface area contributed by atoms with Gasteiger partial charge in [-0.05, 0) is 0 Å². The average Bonchev–Trinajstić information content (AvgIpc) is 2.46. The summed E-state index contributed by atoms with van der Waals surface area (Å²) in [6.07, 6.45) is 14.4. The minimum absolute atomic E-state index is 0. The standard InChI is InChI=1S/C16H29O.Ga.Ra/c1-13-2-4-14(5-3-13)6-7-15-8-10-16(12-17)11-9-15;;/h13-17H,1-12H2;;. The van der Waals surface area contributed by atoms with Gasteiger partial charge in [-0.15, -0.1) is 0 Å². The van der Waals surface area contributed by atoms with Crippen LogP contribution in [0.4, 0.5) is 0 Å². The maximum Gasteiger partial charge on any atom is 0 e. The van der Waals surface area contributed by atoms with E-state index in [-0.39, 0.29) is 45.0 Å². The molecule has 0 aromatic rings. The molecule has 2 aliphatic rings. The van der Waals surface area contributed by atoms with Crippen LogP contribution in [0.3, 0.4) is 0 Å². The van der Waals surface area contributed by atoms with Crippen molar-refractivity contribution in [2.75, 3.05) is 6.61 Å². The molecule has 0 spiro atoms. The second-order valence-electron chi connectivity index (χ2n) is 6.77. The van der Waals surface area contributed by atoms with Crippen molar-refractivity contribution in [3.8, 4) is 0 Å². The zero-order valence-electron chi connectivity index (χ0n) is 12.5. The van der Waals surface area contributed by atoms with Crippen LogP contribution in [0.25, 0.3) is 0 Å². The van der Waals surface area contributed by atoms with Gasteiger partial charge in [0.05, 0.1) is 0 Å². The predicted molar refractivity (Wildman–Crippen MR) is 77.8 cm³/mol. The first-order chi connectivity index (χ1) is 8.81. The second-order valence-corrected chi connectivity index (χ2v) is 7.76. The summed E-state index contributed by atoms with van der Waals surface area (Å²) >= 11 is 1.93. The second kappa shape index (κ2) is 10.7. The molecular weight excluding hydrogens is 504 g/mol. The Morgan fingerprint density at radius 1 is 0.684 bits per heavy atom. The summed E-state index contributed by atoms with van der Waals surface area (Å²) in [6.45, 7) is 0.426. The van der Waals surface area contributed by atoms with Crippen LogP contribution in [-0.4, -0.2) is 30.3 Å². The molecule has 19 heavy (non-hydrogen) atoms. The van der Waals surface area contributed by atoms with Gasteiger partial charge in [0.15, 0.2) is 0 Å². The molecule has 2 saturated carbocycles. The fourth-order valence-electron chi connectivity index (χ4n) is 3.93. The molecule has 3 heteroatoms. The zero-order chi connectivity index (χ0) is 12.8. The largest absolute Gasteiger partial charge is 0 e. The molecule has 4 radical (unpaired) electrons. The van der Waals surface area contributed by atoms with E-state index in [0.717, 1.165) is 17.8 Å². The van der Waals surface area contributed by atoms with E-state index in [9.17, 15) is 0 Å². The molecule has 1 nitrogen and oxygen atoms in total. The summed E-state index contributed by atoms with van der Waals surface area (Å²) in [7, 11) is 0. The number of rotatable bonds is 5. The Morgan fingerprint density at radius 3 is 1.42 bits per heavy atom. The normalized spacial score (nSPS) is 35.6. The third-order valence-corrected chi connectivity index (χ3v) is 6.91. The molecule has 0 bridgehead atoms. The monoisotopic (exact) mass is 532 g/mol. The molecule has 0 saturated heterocycles. The van der Waals surface area contributed by atoms with Crippen molar-refractivity contribution in [1.82, 2.24) is 0 Å². The van der Waals surface area contributed by atoms with Gasteiger partial charge in [-0.25, -0.2) is 0 Å². The van der Waals surface area contributed by atoms with Crippen LogP contribution >= 0.6 is 0 Å². The van der Waals surface area contributed by atoms with E-state index >= 15 is 0 Å². The zero-order valence-corrected chi connectivity index (χ0v) is 20.8. The number of hydrogen-bond donors (Lipinski definition) is 1. The van der Waals surface area contributed by atoms with Crippen LogP contribution in [-0.2, 0) is 0 Å². The first kappa shape index (κ1) is 19.1. The quantitative estimate of drug-likeness (QED) is 0.532. The molecule has 0 aromatic heterocycles. The molecule has 0 unspecified atom stereocenters. The Morgan fingerprint density at radius 2 is 1.05 bits per heavy atom. The van der Waals surface area contributed by atoms with Crippen molar-refractivity contribution < 1.29 is 50.1 Å². The van der Waals surface area contributed by atoms with Gasteiger partial charge in [0.1, 0.15) is 0 Å². The van der Waals surface area contributed by atoms with Crippen molar-refractivity contribution in [2.45, 2.75) is 69.2 Å². The van der Waals surface area contributed by atoms with Crippen molar-refractivity contribution in [3.63, 3.8) is 0 Å². The van der Waals surface area contributed by atoms with Crippen LogP contribution in [0.5, 0.6) is 0 Å². The summed E-state index contributed by atoms with van der Waals surface area (Å²) in [5, 5.41) is 9.16. The molecule has 0 aliphatic heterocycles. The maximum atomic E-state index is 9.16. The van der Waals surface area contributed by atoms with E-state index < -0.39 is 0 Å². The Kier molecular flexibility index (Phi) is 10.8. The third kappa shape index (κ3) is 6.78. The van der Waals surface area contributed by atoms with Crippen LogP contribution in [0.15, 0.2) is 0 Å². The van der Waals surface area contributed by atoms with Crippen molar-refractivity contribution in [2.24, 2.45) is 23.7 Å². The summed E-state index contributed by atoms with van der Waals surface area (Å²) in [6, 6.07) is 0. The fourth-order valence-corrected chi connectivity index (χ4v) is 4.92. The van der Waals surface area contributed by atoms with E-state index in [1.807, 2.05) is 18.6 Å². The van der Waals surface area contributed by atoms with Gasteiger partial charge in [-0.3, -0.25) is 0 Å². The Bertz CT molecular complexity index is 197. The average molecular weight is 533 g/mol. The van der Waals surface area contributed by atoms with Gasteiger partial charge in [0, 0.05) is 45.0 Å². The molecule has 0 amide bonds. The molecule has 2 fully saturated rings. The van der Waals surface area contributed by atoms with Crippen LogP contribution < -0.4 is 0 Å². The van der Waals surface area contributed by atoms with Gasteiger partial charge in [-0.2, -0.15) is 0 Å². The van der Waals surface area contributed by atoms with E-state index in [4.69, 9.17) is 5.11 Å². The third-order valence-electron chi connectivity index (χ3n) is 5.51. The summed E-state index contributed by atoms with van der Waals surface area (Å²) in [5.74, 6) is 3.74. The number of hydrogen-bond acceptors (Lipinski definition) is 1. The Hall–Kier alpha value is 2.06. The SMILES string of the molecule is OCC1CCC(CCC2CCC([CH2][Ga])CC2)CC1.[Ra]. The first-order valence-corrected chi connectivity index (χ1v) is 9.84. The Balaban J connectivity index is 0.00000180. The molecule has 0 atom stereocenters. The molecule has 1 N–H and O–H groups in total. The fraction of sp³-hybridized carbons (Fsp3) is 1.00. The van der Waals surface area contributed by atoms with E-state index in [2.05, 4.69) is 0 Å². The van der Waals surface area contributed by atoms with Gasteiger partial charge < -0.3 is 5.11 Å². The topological polar surface area (TPSA) is 20.2 Å². The summed E-state index contributed by atoms with van der Waals surface area (Å²) in [5.41, 5.74) is 0. The van der Waals surface area contributed by atoms with Crippen LogP contribution in [0.1, 0.15) is 64.2 Å². The summed E-state index contributed by atoms with van der Waals surface area (Å²) in [4.78, 5) is 1.46. The molecular formula is C16H29GaORa. The van der Waals surface area contributed by atoms with Crippen molar-refractivity contribution in [1.29, 1.82) is 0 Å². The van der Waals surface area contributed by atoms with Crippen LogP contribution in [0.2, 0.25) is 4.98 Å². The molecule has 0 heterocycles. The van der Waals surface area contributed by atoms with E-state index in [1.165, 1.54) is 69.2 Å². The molecule has 104 valence electrons. The smallest absolute Gasteiger partial charge is 0 e.